The van der Waals surface area contributed by atoms with Crippen LogP contribution in [0.2, 0.25) is 0 Å². The molecule has 0 aromatic heterocycles. The Hall–Kier alpha value is -1.59. The SMILES string of the molecule is COC1(C)CCCN(CC(=O)c2ccc(O)cc2O)C1. The van der Waals surface area contributed by atoms with E-state index < -0.39 is 0 Å². The Labute approximate surface area is 118 Å². The first kappa shape index (κ1) is 14.8. The summed E-state index contributed by atoms with van der Waals surface area (Å²) in [5.41, 5.74) is 0.0303. The number of aromatic hydroxyl groups is 2. The lowest BCUT2D eigenvalue weighted by molar-refractivity contribution is -0.0485. The van der Waals surface area contributed by atoms with E-state index in [-0.39, 0.29) is 35.0 Å². The van der Waals surface area contributed by atoms with Gasteiger partial charge in [-0.3, -0.25) is 9.69 Å². The number of Topliss-reactive ketones (excluding diaryl/α,β-unsaturated/α-hetero) is 1. The van der Waals surface area contributed by atoms with E-state index in [1.165, 1.54) is 18.2 Å². The molecule has 0 radical (unpaired) electrons. The number of piperidine rings is 1. The number of phenolic OH excluding ortho intramolecular Hbond substituents is 2. The van der Waals surface area contributed by atoms with Gasteiger partial charge in [0.2, 0.25) is 0 Å². The molecule has 1 aromatic carbocycles. The molecule has 0 bridgehead atoms. The lowest BCUT2D eigenvalue weighted by Gasteiger charge is -2.39. The molecule has 1 aliphatic rings. The van der Waals surface area contributed by atoms with Gasteiger partial charge in [0.1, 0.15) is 11.5 Å². The summed E-state index contributed by atoms with van der Waals surface area (Å²) < 4.78 is 5.50. The lowest BCUT2D eigenvalue weighted by atomic mass is 9.94. The van der Waals surface area contributed by atoms with Gasteiger partial charge in [-0.15, -0.1) is 0 Å². The highest BCUT2D eigenvalue weighted by Gasteiger charge is 2.31. The van der Waals surface area contributed by atoms with Crippen LogP contribution in [0.1, 0.15) is 30.1 Å². The van der Waals surface area contributed by atoms with Crippen molar-refractivity contribution >= 4 is 5.78 Å². The van der Waals surface area contributed by atoms with Crippen molar-refractivity contribution in [1.82, 2.24) is 4.90 Å². The molecule has 1 unspecified atom stereocenters. The van der Waals surface area contributed by atoms with Crippen LogP contribution < -0.4 is 0 Å². The van der Waals surface area contributed by atoms with Crippen LogP contribution >= 0.6 is 0 Å². The van der Waals surface area contributed by atoms with Crippen molar-refractivity contribution in [1.29, 1.82) is 0 Å². The number of hydrogen-bond acceptors (Lipinski definition) is 5. The molecule has 1 atom stereocenters. The number of methoxy groups -OCH3 is 1. The van der Waals surface area contributed by atoms with Gasteiger partial charge in [-0.05, 0) is 38.4 Å². The topological polar surface area (TPSA) is 70.0 Å². The first-order chi connectivity index (χ1) is 9.43. The third-order valence-corrected chi connectivity index (χ3v) is 3.88. The summed E-state index contributed by atoms with van der Waals surface area (Å²) in [5.74, 6) is -0.381. The van der Waals surface area contributed by atoms with Gasteiger partial charge in [0, 0.05) is 19.7 Å². The third-order valence-electron chi connectivity index (χ3n) is 3.88. The molecule has 1 saturated heterocycles. The quantitative estimate of drug-likeness (QED) is 0.822. The number of ether oxygens (including phenoxy) is 1. The smallest absolute Gasteiger partial charge is 0.180 e. The van der Waals surface area contributed by atoms with E-state index in [4.69, 9.17) is 4.74 Å². The van der Waals surface area contributed by atoms with Crippen LogP contribution in [0.5, 0.6) is 11.5 Å². The van der Waals surface area contributed by atoms with Gasteiger partial charge >= 0.3 is 0 Å². The van der Waals surface area contributed by atoms with E-state index >= 15 is 0 Å². The zero-order valence-electron chi connectivity index (χ0n) is 11.9. The zero-order chi connectivity index (χ0) is 14.8. The van der Waals surface area contributed by atoms with Crippen LogP contribution in [0.15, 0.2) is 18.2 Å². The van der Waals surface area contributed by atoms with Gasteiger partial charge in [-0.25, -0.2) is 0 Å². The van der Waals surface area contributed by atoms with Crippen LogP contribution in [0.4, 0.5) is 0 Å². The summed E-state index contributed by atoms with van der Waals surface area (Å²) in [6.45, 7) is 3.84. The Morgan fingerprint density at radius 1 is 1.45 bits per heavy atom. The monoisotopic (exact) mass is 279 g/mol. The highest BCUT2D eigenvalue weighted by Crippen LogP contribution is 2.26. The molecular weight excluding hydrogens is 258 g/mol. The molecule has 2 N–H and O–H groups in total. The molecule has 5 heteroatoms. The molecule has 0 saturated carbocycles. The van der Waals surface area contributed by atoms with Gasteiger partial charge in [0.05, 0.1) is 17.7 Å². The summed E-state index contributed by atoms with van der Waals surface area (Å²) in [6.07, 6.45) is 1.97. The standard InChI is InChI=1S/C15H21NO4/c1-15(20-2)6-3-7-16(10-15)9-14(19)12-5-4-11(17)8-13(12)18/h4-5,8,17-18H,3,6-7,9-10H2,1-2H3. The summed E-state index contributed by atoms with van der Waals surface area (Å²) >= 11 is 0. The van der Waals surface area contributed by atoms with Crippen LogP contribution in [-0.4, -0.2) is 53.2 Å². The molecule has 1 aromatic rings. The fraction of sp³-hybridized carbons (Fsp3) is 0.533. The summed E-state index contributed by atoms with van der Waals surface area (Å²) in [6, 6.07) is 4.04. The highest BCUT2D eigenvalue weighted by molar-refractivity contribution is 6.00. The van der Waals surface area contributed by atoms with Crippen molar-refractivity contribution in [2.24, 2.45) is 0 Å². The van der Waals surface area contributed by atoms with Crippen molar-refractivity contribution < 1.29 is 19.7 Å². The van der Waals surface area contributed by atoms with E-state index in [9.17, 15) is 15.0 Å². The molecule has 1 heterocycles. The Bertz CT molecular complexity index is 503. The first-order valence-corrected chi connectivity index (χ1v) is 6.76. The number of carbonyl (C=O) groups is 1. The first-order valence-electron chi connectivity index (χ1n) is 6.76. The fourth-order valence-electron chi connectivity index (χ4n) is 2.65. The normalized spacial score (nSPS) is 23.7. The average molecular weight is 279 g/mol. The van der Waals surface area contributed by atoms with E-state index in [0.29, 0.717) is 6.54 Å². The van der Waals surface area contributed by atoms with Gasteiger partial charge in [-0.1, -0.05) is 0 Å². The maximum Gasteiger partial charge on any atom is 0.180 e. The maximum absolute atomic E-state index is 12.2. The summed E-state index contributed by atoms with van der Waals surface area (Å²) in [7, 11) is 1.69. The Balaban J connectivity index is 2.04. The second-order valence-corrected chi connectivity index (χ2v) is 5.59. The van der Waals surface area contributed by atoms with Crippen LogP contribution in [-0.2, 0) is 4.74 Å². The Morgan fingerprint density at radius 3 is 2.85 bits per heavy atom. The molecule has 0 amide bonds. The van der Waals surface area contributed by atoms with Crippen molar-refractivity contribution in [2.45, 2.75) is 25.4 Å². The molecule has 0 spiro atoms. The number of rotatable bonds is 4. The third kappa shape index (κ3) is 3.29. The van der Waals surface area contributed by atoms with E-state index in [1.54, 1.807) is 7.11 Å². The average Bonchev–Trinajstić information content (AvgIpc) is 2.38. The largest absolute Gasteiger partial charge is 0.508 e. The Kier molecular flexibility index (Phi) is 4.30. The zero-order valence-corrected chi connectivity index (χ0v) is 11.9. The van der Waals surface area contributed by atoms with Gasteiger partial charge in [0.25, 0.3) is 0 Å². The lowest BCUT2D eigenvalue weighted by Crippen LogP contribution is -2.48. The van der Waals surface area contributed by atoms with Crippen LogP contribution in [0, 0.1) is 0 Å². The molecule has 110 valence electrons. The van der Waals surface area contributed by atoms with Gasteiger partial charge in [-0.2, -0.15) is 0 Å². The molecule has 5 nitrogen and oxygen atoms in total. The number of nitrogens with zero attached hydrogens (tertiary/aromatic N) is 1. The predicted octanol–water partition coefficient (Wildman–Crippen LogP) is 1.78. The van der Waals surface area contributed by atoms with Gasteiger partial charge < -0.3 is 14.9 Å². The van der Waals surface area contributed by atoms with Crippen molar-refractivity contribution in [2.75, 3.05) is 26.7 Å². The second kappa shape index (κ2) is 5.81. The highest BCUT2D eigenvalue weighted by atomic mass is 16.5. The number of hydrogen-bond donors (Lipinski definition) is 2. The molecule has 0 aliphatic carbocycles. The fourth-order valence-corrected chi connectivity index (χ4v) is 2.65. The number of likely N-dealkylation sites (tertiary alicyclic amines) is 1. The van der Waals surface area contributed by atoms with Crippen LogP contribution in [0.3, 0.4) is 0 Å². The minimum absolute atomic E-state index is 0.0519. The van der Waals surface area contributed by atoms with Gasteiger partial charge in [0.15, 0.2) is 5.78 Å². The van der Waals surface area contributed by atoms with Crippen molar-refractivity contribution in [3.63, 3.8) is 0 Å². The van der Waals surface area contributed by atoms with Crippen molar-refractivity contribution in [3.05, 3.63) is 23.8 Å². The Morgan fingerprint density at radius 2 is 2.20 bits per heavy atom. The predicted molar refractivity (Wildman–Crippen MR) is 75.2 cm³/mol. The van der Waals surface area contributed by atoms with E-state index in [2.05, 4.69) is 0 Å². The molecule has 20 heavy (non-hydrogen) atoms. The molecular formula is C15H21NO4. The van der Waals surface area contributed by atoms with E-state index in [0.717, 1.165) is 19.4 Å². The molecule has 1 aliphatic heterocycles. The number of ketones is 1. The maximum atomic E-state index is 12.2. The second-order valence-electron chi connectivity index (χ2n) is 5.59. The summed E-state index contributed by atoms with van der Waals surface area (Å²) in [5, 5.41) is 19.0. The molecule has 2 rings (SSSR count). The minimum atomic E-state index is -0.213. The molecule has 1 fully saturated rings. The number of phenols is 2. The van der Waals surface area contributed by atoms with E-state index in [1.807, 2.05) is 11.8 Å². The number of benzene rings is 1. The minimum Gasteiger partial charge on any atom is -0.508 e. The summed E-state index contributed by atoms with van der Waals surface area (Å²) in [4.78, 5) is 14.3. The number of carbonyl (C=O) groups excluding carboxylic acids is 1. The van der Waals surface area contributed by atoms with Crippen molar-refractivity contribution in [3.8, 4) is 11.5 Å². The van der Waals surface area contributed by atoms with Crippen LogP contribution in [0.25, 0.3) is 0 Å².